The van der Waals surface area contributed by atoms with E-state index < -0.39 is 0 Å². The van der Waals surface area contributed by atoms with Gasteiger partial charge in [-0.05, 0) is 86.8 Å². The number of H-pyrrole nitrogens is 1. The van der Waals surface area contributed by atoms with Crippen molar-refractivity contribution >= 4 is 15.9 Å². The standard InChI is InChI=1S/C25H28BrFN2O2/c1-24(2)13-16(14-25(3,4)31-24)22-21(15-10-11-19(27)18(26)12-15)28-23(29-22)17-8-6-7-9-20(17)30-5/h6-12,16H,13-14H2,1-5H3,(H,28,29). The number of rotatable bonds is 4. The molecule has 0 atom stereocenters. The van der Waals surface area contributed by atoms with Gasteiger partial charge in [-0.15, -0.1) is 0 Å². The molecule has 1 aliphatic rings. The van der Waals surface area contributed by atoms with Crippen molar-refractivity contribution < 1.29 is 13.9 Å². The molecule has 1 N–H and O–H groups in total. The molecule has 1 saturated heterocycles. The van der Waals surface area contributed by atoms with Crippen molar-refractivity contribution in [3.8, 4) is 28.4 Å². The molecule has 3 aromatic rings. The monoisotopic (exact) mass is 486 g/mol. The predicted molar refractivity (Wildman–Crippen MR) is 125 cm³/mol. The molecule has 0 saturated carbocycles. The summed E-state index contributed by atoms with van der Waals surface area (Å²) in [5, 5.41) is 0. The second-order valence-electron chi connectivity index (χ2n) is 9.40. The molecule has 1 aliphatic heterocycles. The molecule has 2 aromatic carbocycles. The number of aromatic amines is 1. The first-order chi connectivity index (χ1) is 14.6. The Balaban J connectivity index is 1.88. The van der Waals surface area contributed by atoms with Crippen molar-refractivity contribution in [3.63, 3.8) is 0 Å². The van der Waals surface area contributed by atoms with E-state index in [1.54, 1.807) is 19.2 Å². The van der Waals surface area contributed by atoms with E-state index in [1.807, 2.05) is 24.3 Å². The highest BCUT2D eigenvalue weighted by Gasteiger charge is 2.41. The van der Waals surface area contributed by atoms with E-state index in [0.717, 1.165) is 46.9 Å². The Morgan fingerprint density at radius 2 is 1.77 bits per heavy atom. The average Bonchev–Trinajstić information content (AvgIpc) is 3.13. The summed E-state index contributed by atoms with van der Waals surface area (Å²) in [6.07, 6.45) is 1.72. The minimum Gasteiger partial charge on any atom is -0.496 e. The largest absolute Gasteiger partial charge is 0.496 e. The number of hydrogen-bond donors (Lipinski definition) is 1. The minimum atomic E-state index is -0.292. The molecule has 4 rings (SSSR count). The lowest BCUT2D eigenvalue weighted by Crippen LogP contribution is -2.44. The zero-order valence-electron chi connectivity index (χ0n) is 18.6. The van der Waals surface area contributed by atoms with E-state index >= 15 is 0 Å². The zero-order valence-corrected chi connectivity index (χ0v) is 20.1. The predicted octanol–water partition coefficient (Wildman–Crippen LogP) is 7.11. The summed E-state index contributed by atoms with van der Waals surface area (Å²) in [6, 6.07) is 12.9. The van der Waals surface area contributed by atoms with Gasteiger partial charge in [0.05, 0.1) is 34.0 Å². The average molecular weight is 487 g/mol. The molecule has 0 radical (unpaired) electrons. The Bertz CT molecular complexity index is 1090. The van der Waals surface area contributed by atoms with Crippen LogP contribution < -0.4 is 4.74 Å². The lowest BCUT2D eigenvalue weighted by atomic mass is 9.78. The Labute approximate surface area is 191 Å². The first kappa shape index (κ1) is 22.0. The van der Waals surface area contributed by atoms with Crippen LogP contribution in [0.3, 0.4) is 0 Å². The Morgan fingerprint density at radius 1 is 1.10 bits per heavy atom. The van der Waals surface area contributed by atoms with Crippen molar-refractivity contribution in [2.75, 3.05) is 7.11 Å². The molecule has 1 aromatic heterocycles. The maximum atomic E-state index is 13.9. The van der Waals surface area contributed by atoms with Crippen molar-refractivity contribution in [1.29, 1.82) is 0 Å². The molecule has 0 aliphatic carbocycles. The molecule has 2 heterocycles. The van der Waals surface area contributed by atoms with Crippen molar-refractivity contribution in [1.82, 2.24) is 9.97 Å². The molecule has 6 heteroatoms. The normalized spacial score (nSPS) is 18.2. The smallest absolute Gasteiger partial charge is 0.142 e. The topological polar surface area (TPSA) is 47.1 Å². The van der Waals surface area contributed by atoms with E-state index in [2.05, 4.69) is 48.6 Å². The van der Waals surface area contributed by atoms with Crippen molar-refractivity contribution in [3.05, 3.63) is 58.4 Å². The molecular formula is C25H28BrFN2O2. The number of halogens is 2. The molecule has 0 spiro atoms. The third-order valence-corrected chi connectivity index (χ3v) is 6.33. The number of aromatic nitrogens is 2. The number of hydrogen-bond acceptors (Lipinski definition) is 3. The van der Waals surface area contributed by atoms with Gasteiger partial charge in [-0.25, -0.2) is 9.37 Å². The van der Waals surface area contributed by atoms with Crippen LogP contribution in [-0.4, -0.2) is 28.3 Å². The SMILES string of the molecule is COc1ccccc1-c1nc(-c2ccc(F)c(Br)c2)c(C2CC(C)(C)OC(C)(C)C2)[nH]1. The Morgan fingerprint density at radius 3 is 2.42 bits per heavy atom. The molecule has 164 valence electrons. The molecule has 0 amide bonds. The van der Waals surface area contributed by atoms with Crippen LogP contribution in [-0.2, 0) is 4.74 Å². The highest BCUT2D eigenvalue weighted by molar-refractivity contribution is 9.10. The van der Waals surface area contributed by atoms with Gasteiger partial charge >= 0.3 is 0 Å². The first-order valence-electron chi connectivity index (χ1n) is 10.5. The first-order valence-corrected chi connectivity index (χ1v) is 11.3. The van der Waals surface area contributed by atoms with Gasteiger partial charge in [-0.1, -0.05) is 12.1 Å². The molecule has 31 heavy (non-hydrogen) atoms. The molecule has 0 unspecified atom stereocenters. The molecule has 0 bridgehead atoms. The van der Waals surface area contributed by atoms with Crippen LogP contribution in [0.4, 0.5) is 4.39 Å². The quantitative estimate of drug-likeness (QED) is 0.427. The van der Waals surface area contributed by atoms with Crippen LogP contribution in [0.25, 0.3) is 22.6 Å². The van der Waals surface area contributed by atoms with E-state index in [9.17, 15) is 4.39 Å². The van der Waals surface area contributed by atoms with Crippen LogP contribution >= 0.6 is 15.9 Å². The maximum absolute atomic E-state index is 13.9. The summed E-state index contributed by atoms with van der Waals surface area (Å²) in [5.41, 5.74) is 3.11. The lowest BCUT2D eigenvalue weighted by Gasteiger charge is -2.45. The number of methoxy groups -OCH3 is 1. The van der Waals surface area contributed by atoms with E-state index in [4.69, 9.17) is 14.5 Å². The van der Waals surface area contributed by atoms with Gasteiger partial charge in [-0.2, -0.15) is 0 Å². The number of imidazole rings is 1. The van der Waals surface area contributed by atoms with Gasteiger partial charge in [0.1, 0.15) is 17.4 Å². The van der Waals surface area contributed by atoms with Crippen LogP contribution in [0.5, 0.6) is 5.75 Å². The fraction of sp³-hybridized carbons (Fsp3) is 0.400. The second-order valence-corrected chi connectivity index (χ2v) is 10.3. The summed E-state index contributed by atoms with van der Waals surface area (Å²) in [5.74, 6) is 1.42. The minimum absolute atomic E-state index is 0.216. The second kappa shape index (κ2) is 8.06. The van der Waals surface area contributed by atoms with Crippen LogP contribution in [0.2, 0.25) is 0 Å². The van der Waals surface area contributed by atoms with E-state index in [-0.39, 0.29) is 22.9 Å². The number of ether oxygens (including phenoxy) is 2. The molecule has 1 fully saturated rings. The van der Waals surface area contributed by atoms with E-state index in [1.165, 1.54) is 6.07 Å². The molecular weight excluding hydrogens is 459 g/mol. The van der Waals surface area contributed by atoms with Gasteiger partial charge < -0.3 is 14.5 Å². The number of nitrogens with zero attached hydrogens (tertiary/aromatic N) is 1. The van der Waals surface area contributed by atoms with Crippen molar-refractivity contribution in [2.24, 2.45) is 0 Å². The van der Waals surface area contributed by atoms with Gasteiger partial charge in [0.15, 0.2) is 0 Å². The summed E-state index contributed by atoms with van der Waals surface area (Å²) in [7, 11) is 1.66. The van der Waals surface area contributed by atoms with Gasteiger partial charge in [-0.3, -0.25) is 0 Å². The van der Waals surface area contributed by atoms with Gasteiger partial charge in [0.25, 0.3) is 0 Å². The maximum Gasteiger partial charge on any atom is 0.142 e. The van der Waals surface area contributed by atoms with Crippen molar-refractivity contribution in [2.45, 2.75) is 57.7 Å². The Kier molecular flexibility index (Phi) is 5.73. The number of nitrogens with one attached hydrogen (secondary N) is 1. The highest BCUT2D eigenvalue weighted by Crippen LogP contribution is 2.46. The third-order valence-electron chi connectivity index (χ3n) is 5.72. The lowest BCUT2D eigenvalue weighted by molar-refractivity contribution is -0.162. The summed E-state index contributed by atoms with van der Waals surface area (Å²) in [6.45, 7) is 8.53. The van der Waals surface area contributed by atoms with E-state index in [0.29, 0.717) is 4.47 Å². The number of para-hydroxylation sites is 1. The summed E-state index contributed by atoms with van der Waals surface area (Å²) < 4.78 is 26.2. The highest BCUT2D eigenvalue weighted by atomic mass is 79.9. The third kappa shape index (κ3) is 4.55. The van der Waals surface area contributed by atoms with Gasteiger partial charge in [0, 0.05) is 17.2 Å². The molecule has 4 nitrogen and oxygen atoms in total. The summed E-state index contributed by atoms with van der Waals surface area (Å²) >= 11 is 3.32. The van der Waals surface area contributed by atoms with Crippen LogP contribution in [0, 0.1) is 5.82 Å². The zero-order chi connectivity index (χ0) is 22.4. The fourth-order valence-corrected chi connectivity index (χ4v) is 5.19. The number of benzene rings is 2. The van der Waals surface area contributed by atoms with Crippen LogP contribution in [0.15, 0.2) is 46.9 Å². The fourth-order valence-electron chi connectivity index (χ4n) is 4.81. The Hall–Kier alpha value is -2.18. The van der Waals surface area contributed by atoms with Gasteiger partial charge in [0.2, 0.25) is 0 Å². The van der Waals surface area contributed by atoms with Crippen LogP contribution in [0.1, 0.15) is 52.1 Å². The summed E-state index contributed by atoms with van der Waals surface area (Å²) in [4.78, 5) is 8.58.